The van der Waals surface area contributed by atoms with Crippen molar-refractivity contribution in [2.45, 2.75) is 6.92 Å². The number of benzene rings is 4. The summed E-state index contributed by atoms with van der Waals surface area (Å²) in [6, 6.07) is 26.9. The van der Waals surface area contributed by atoms with E-state index in [1.807, 2.05) is 43.3 Å². The zero-order valence-electron chi connectivity index (χ0n) is 19.0. The van der Waals surface area contributed by atoms with Crippen molar-refractivity contribution in [1.29, 1.82) is 0 Å². The molecular weight excluding hydrogens is 442 g/mol. The molecule has 2 amide bonds. The number of ether oxygens (including phenoxy) is 1. The summed E-state index contributed by atoms with van der Waals surface area (Å²) in [6.07, 6.45) is 1.45. The van der Waals surface area contributed by atoms with Crippen LogP contribution in [0, 0.1) is 6.92 Å². The maximum atomic E-state index is 12.5. The highest BCUT2D eigenvalue weighted by Crippen LogP contribution is 2.18. The largest absolute Gasteiger partial charge is 0.423 e. The molecule has 0 heterocycles. The van der Waals surface area contributed by atoms with Crippen molar-refractivity contribution < 1.29 is 19.1 Å². The number of rotatable bonds is 7. The topological polar surface area (TPSA) is 96.9 Å². The van der Waals surface area contributed by atoms with E-state index in [2.05, 4.69) is 15.8 Å². The molecule has 0 bridgehead atoms. The van der Waals surface area contributed by atoms with Crippen molar-refractivity contribution in [3.63, 3.8) is 0 Å². The second-order valence-electron chi connectivity index (χ2n) is 7.83. The van der Waals surface area contributed by atoms with Gasteiger partial charge in [-0.05, 0) is 65.7 Å². The molecule has 7 nitrogen and oxygen atoms in total. The van der Waals surface area contributed by atoms with Crippen molar-refractivity contribution in [3.05, 3.63) is 113 Å². The summed E-state index contributed by atoms with van der Waals surface area (Å²) in [7, 11) is 0. The normalized spacial score (nSPS) is 10.8. The fourth-order valence-corrected chi connectivity index (χ4v) is 3.46. The molecule has 0 aliphatic rings. The Hall–Kier alpha value is -4.78. The molecule has 0 atom stereocenters. The van der Waals surface area contributed by atoms with Crippen molar-refractivity contribution in [2.75, 3.05) is 6.54 Å². The average molecular weight is 466 g/mol. The van der Waals surface area contributed by atoms with Gasteiger partial charge in [-0.15, -0.1) is 0 Å². The van der Waals surface area contributed by atoms with Crippen molar-refractivity contribution >= 4 is 34.8 Å². The Morgan fingerprint density at radius 2 is 1.63 bits per heavy atom. The van der Waals surface area contributed by atoms with Gasteiger partial charge in [0.2, 0.25) is 0 Å². The number of carbonyl (C=O) groups excluding carboxylic acids is 3. The number of nitrogens with zero attached hydrogens (tertiary/aromatic N) is 1. The smallest absolute Gasteiger partial charge is 0.343 e. The van der Waals surface area contributed by atoms with E-state index in [1.165, 1.54) is 6.21 Å². The molecule has 174 valence electrons. The zero-order chi connectivity index (χ0) is 24.6. The van der Waals surface area contributed by atoms with E-state index >= 15 is 0 Å². The van der Waals surface area contributed by atoms with Crippen molar-refractivity contribution in [1.82, 2.24) is 10.7 Å². The SMILES string of the molecule is Cc1cccc(C(=O)Oc2ccc(/C=N\NC(=O)CNC(=O)c3cccc4ccccc34)cc2)c1. The lowest BCUT2D eigenvalue weighted by atomic mass is 10.0. The van der Waals surface area contributed by atoms with Gasteiger partial charge < -0.3 is 10.1 Å². The molecule has 0 fully saturated rings. The number of esters is 1. The number of hydrogen-bond donors (Lipinski definition) is 2. The standard InChI is InChI=1S/C28H23N3O4/c1-19-6-4-9-22(16-19)28(34)35-23-14-12-20(13-15-23)17-30-31-26(32)18-29-27(33)25-11-5-8-21-7-2-3-10-24(21)25/h2-17H,18H2,1H3,(H,29,33)(H,31,32)/b30-17-. The molecule has 4 aromatic carbocycles. The summed E-state index contributed by atoms with van der Waals surface area (Å²) in [5, 5.41) is 8.28. The van der Waals surface area contributed by atoms with Crippen LogP contribution < -0.4 is 15.5 Å². The van der Waals surface area contributed by atoms with Crippen LogP contribution in [0.4, 0.5) is 0 Å². The molecular formula is C28H23N3O4. The quantitative estimate of drug-likeness (QED) is 0.185. The lowest BCUT2D eigenvalue weighted by molar-refractivity contribution is -0.120. The van der Waals surface area contributed by atoms with E-state index in [0.29, 0.717) is 22.4 Å². The van der Waals surface area contributed by atoms with Gasteiger partial charge in [-0.25, -0.2) is 10.2 Å². The molecule has 0 aromatic heterocycles. The van der Waals surface area contributed by atoms with Gasteiger partial charge in [0.25, 0.3) is 11.8 Å². The number of hydrazone groups is 1. The summed E-state index contributed by atoms with van der Waals surface area (Å²) < 4.78 is 5.38. The molecule has 0 unspecified atom stereocenters. The average Bonchev–Trinajstić information content (AvgIpc) is 2.88. The van der Waals surface area contributed by atoms with Crippen LogP contribution in [0.1, 0.15) is 31.8 Å². The van der Waals surface area contributed by atoms with Crippen LogP contribution in [0.3, 0.4) is 0 Å². The monoisotopic (exact) mass is 465 g/mol. The van der Waals surface area contributed by atoms with Crippen molar-refractivity contribution in [2.24, 2.45) is 5.10 Å². The molecule has 7 heteroatoms. The number of hydrogen-bond acceptors (Lipinski definition) is 5. The van der Waals surface area contributed by atoms with Gasteiger partial charge in [-0.1, -0.05) is 54.1 Å². The Morgan fingerprint density at radius 1 is 0.886 bits per heavy atom. The Labute approximate surface area is 202 Å². The van der Waals surface area contributed by atoms with Gasteiger partial charge in [0, 0.05) is 5.56 Å². The Balaban J connectivity index is 1.26. The summed E-state index contributed by atoms with van der Waals surface area (Å²) in [6.45, 7) is 1.69. The summed E-state index contributed by atoms with van der Waals surface area (Å²) in [4.78, 5) is 36.8. The molecule has 0 radical (unpaired) electrons. The second-order valence-corrected chi connectivity index (χ2v) is 7.83. The summed E-state index contributed by atoms with van der Waals surface area (Å²) in [5.41, 5.74) is 5.03. The predicted molar refractivity (Wildman–Crippen MR) is 135 cm³/mol. The predicted octanol–water partition coefficient (Wildman–Crippen LogP) is 4.25. The highest BCUT2D eigenvalue weighted by atomic mass is 16.5. The van der Waals surface area contributed by atoms with Crippen LogP contribution in [0.5, 0.6) is 5.75 Å². The van der Waals surface area contributed by atoms with Crippen LogP contribution in [0.2, 0.25) is 0 Å². The van der Waals surface area contributed by atoms with Crippen LogP contribution in [0.15, 0.2) is 96.1 Å². The van der Waals surface area contributed by atoms with Gasteiger partial charge >= 0.3 is 5.97 Å². The number of amides is 2. The lowest BCUT2D eigenvalue weighted by Crippen LogP contribution is -2.35. The number of carbonyl (C=O) groups is 3. The molecule has 0 aliphatic carbocycles. The van der Waals surface area contributed by atoms with E-state index in [4.69, 9.17) is 4.74 Å². The molecule has 0 saturated heterocycles. The third-order valence-corrected chi connectivity index (χ3v) is 5.19. The highest BCUT2D eigenvalue weighted by Gasteiger charge is 2.11. The van der Waals surface area contributed by atoms with Crippen LogP contribution in [-0.2, 0) is 4.79 Å². The number of fused-ring (bicyclic) bond motifs is 1. The van der Waals surface area contributed by atoms with Gasteiger partial charge in [-0.2, -0.15) is 5.10 Å². The third kappa shape index (κ3) is 6.17. The molecule has 0 aliphatic heterocycles. The van der Waals surface area contributed by atoms with Crippen LogP contribution >= 0.6 is 0 Å². The van der Waals surface area contributed by atoms with Crippen LogP contribution in [-0.4, -0.2) is 30.5 Å². The van der Waals surface area contributed by atoms with Gasteiger partial charge in [0.05, 0.1) is 18.3 Å². The zero-order valence-corrected chi connectivity index (χ0v) is 19.0. The maximum Gasteiger partial charge on any atom is 0.343 e. The van der Waals surface area contributed by atoms with Crippen molar-refractivity contribution in [3.8, 4) is 5.75 Å². The number of aryl methyl sites for hydroxylation is 1. The first kappa shape index (κ1) is 23.4. The minimum atomic E-state index is -0.460. The lowest BCUT2D eigenvalue weighted by Gasteiger charge is -2.07. The van der Waals surface area contributed by atoms with E-state index in [9.17, 15) is 14.4 Å². The third-order valence-electron chi connectivity index (χ3n) is 5.19. The van der Waals surface area contributed by atoms with E-state index in [1.54, 1.807) is 54.6 Å². The fraction of sp³-hybridized carbons (Fsp3) is 0.0714. The molecule has 35 heavy (non-hydrogen) atoms. The first-order chi connectivity index (χ1) is 17.0. The van der Waals surface area contributed by atoms with Gasteiger partial charge in [-0.3, -0.25) is 9.59 Å². The van der Waals surface area contributed by atoms with E-state index in [0.717, 1.165) is 16.3 Å². The second kappa shape index (κ2) is 10.9. The Kier molecular flexibility index (Phi) is 7.28. The molecule has 4 rings (SSSR count). The van der Waals surface area contributed by atoms with E-state index in [-0.39, 0.29) is 12.5 Å². The summed E-state index contributed by atoms with van der Waals surface area (Å²) >= 11 is 0. The van der Waals surface area contributed by atoms with E-state index < -0.39 is 11.9 Å². The molecule has 0 saturated carbocycles. The minimum absolute atomic E-state index is 0.215. The minimum Gasteiger partial charge on any atom is -0.423 e. The molecule has 2 N–H and O–H groups in total. The maximum absolute atomic E-state index is 12.5. The van der Waals surface area contributed by atoms with Crippen LogP contribution in [0.25, 0.3) is 10.8 Å². The first-order valence-electron chi connectivity index (χ1n) is 11.0. The Bertz CT molecular complexity index is 1410. The number of nitrogens with one attached hydrogen (secondary N) is 2. The van der Waals surface area contributed by atoms with Gasteiger partial charge in [0.1, 0.15) is 5.75 Å². The fourth-order valence-electron chi connectivity index (χ4n) is 3.46. The van der Waals surface area contributed by atoms with Gasteiger partial charge in [0.15, 0.2) is 0 Å². The summed E-state index contributed by atoms with van der Waals surface area (Å²) in [5.74, 6) is -0.836. The Morgan fingerprint density at radius 3 is 2.43 bits per heavy atom. The molecule has 0 spiro atoms. The first-order valence-corrected chi connectivity index (χ1v) is 11.0. The highest BCUT2D eigenvalue weighted by molar-refractivity contribution is 6.07. The molecule has 4 aromatic rings.